The summed E-state index contributed by atoms with van der Waals surface area (Å²) in [6, 6.07) is 8.62. The summed E-state index contributed by atoms with van der Waals surface area (Å²) in [5.74, 6) is 1.72. The zero-order valence-electron chi connectivity index (χ0n) is 16.2. The van der Waals surface area contributed by atoms with Gasteiger partial charge in [-0.25, -0.2) is 0 Å². The van der Waals surface area contributed by atoms with Crippen LogP contribution in [0, 0.1) is 5.92 Å². The normalized spacial score (nSPS) is 21.5. The molecular formula is C21H28BrN5. The Morgan fingerprint density at radius 1 is 1.37 bits per heavy atom. The van der Waals surface area contributed by atoms with Crippen molar-refractivity contribution in [2.75, 3.05) is 26.7 Å². The molecule has 27 heavy (non-hydrogen) atoms. The fraction of sp³-hybridized carbons (Fsp3) is 0.524. The van der Waals surface area contributed by atoms with Gasteiger partial charge in [0.05, 0.1) is 6.20 Å². The van der Waals surface area contributed by atoms with E-state index in [1.54, 1.807) is 0 Å². The van der Waals surface area contributed by atoms with E-state index < -0.39 is 0 Å². The maximum atomic E-state index is 4.57. The summed E-state index contributed by atoms with van der Waals surface area (Å²) in [6.07, 6.45) is 8.91. The van der Waals surface area contributed by atoms with Gasteiger partial charge in [0, 0.05) is 49.8 Å². The Hall–Kier alpha value is -1.82. The average molecular weight is 430 g/mol. The largest absolute Gasteiger partial charge is 0.355 e. The Morgan fingerprint density at radius 2 is 2.19 bits per heavy atom. The summed E-state index contributed by atoms with van der Waals surface area (Å²) < 4.78 is 3.11. The number of aryl methyl sites for hydroxylation is 1. The van der Waals surface area contributed by atoms with Crippen LogP contribution in [0.1, 0.15) is 30.4 Å². The molecule has 1 aromatic heterocycles. The van der Waals surface area contributed by atoms with Crippen molar-refractivity contribution in [2.24, 2.45) is 18.0 Å². The lowest BCUT2D eigenvalue weighted by Gasteiger charge is -2.25. The van der Waals surface area contributed by atoms with Gasteiger partial charge in [-0.05, 0) is 48.8 Å². The average Bonchev–Trinajstić information content (AvgIpc) is 3.11. The quantitative estimate of drug-likeness (QED) is 0.585. The number of benzene rings is 1. The number of hydrogen-bond donors (Lipinski definition) is 1. The van der Waals surface area contributed by atoms with Gasteiger partial charge in [-0.2, -0.15) is 5.10 Å². The molecule has 5 nitrogen and oxygen atoms in total. The van der Waals surface area contributed by atoms with Gasteiger partial charge in [-0.15, -0.1) is 0 Å². The first-order valence-electron chi connectivity index (χ1n) is 9.78. The Morgan fingerprint density at radius 3 is 2.85 bits per heavy atom. The minimum atomic E-state index is 0.255. The van der Waals surface area contributed by atoms with Crippen LogP contribution in [0.25, 0.3) is 0 Å². The van der Waals surface area contributed by atoms with E-state index in [-0.39, 0.29) is 5.41 Å². The number of rotatable bonds is 5. The van der Waals surface area contributed by atoms with Crippen LogP contribution in [0.15, 0.2) is 46.1 Å². The third-order valence-corrected chi connectivity index (χ3v) is 6.66. The Labute approximate surface area is 170 Å². The van der Waals surface area contributed by atoms with Crippen molar-refractivity contribution < 1.29 is 0 Å². The molecule has 0 amide bonds. The molecule has 4 rings (SSSR count). The van der Waals surface area contributed by atoms with E-state index in [0.29, 0.717) is 5.92 Å². The highest BCUT2D eigenvalue weighted by atomic mass is 79.9. The van der Waals surface area contributed by atoms with Crippen LogP contribution in [0.5, 0.6) is 0 Å². The van der Waals surface area contributed by atoms with Crippen LogP contribution in [0.4, 0.5) is 0 Å². The number of halogens is 1. The molecule has 1 aromatic carbocycles. The molecule has 0 radical (unpaired) electrons. The molecule has 1 unspecified atom stereocenters. The number of nitrogens with one attached hydrogen (secondary N) is 1. The SMILES string of the molecule is CN=C(NCC1(c2ccccc2Br)CC1)N1CCC(Cc2cnn(C)c2)C1. The maximum absolute atomic E-state index is 4.57. The summed E-state index contributed by atoms with van der Waals surface area (Å²) in [4.78, 5) is 6.98. The summed E-state index contributed by atoms with van der Waals surface area (Å²) >= 11 is 3.73. The van der Waals surface area contributed by atoms with Crippen LogP contribution < -0.4 is 5.32 Å². The highest BCUT2D eigenvalue weighted by molar-refractivity contribution is 9.10. The Kier molecular flexibility index (Phi) is 5.26. The van der Waals surface area contributed by atoms with Gasteiger partial charge in [0.15, 0.2) is 5.96 Å². The van der Waals surface area contributed by atoms with Gasteiger partial charge < -0.3 is 10.2 Å². The van der Waals surface area contributed by atoms with E-state index >= 15 is 0 Å². The van der Waals surface area contributed by atoms with Gasteiger partial charge in [0.2, 0.25) is 0 Å². The fourth-order valence-electron chi connectivity index (χ4n) is 4.27. The Bertz CT molecular complexity index is 823. The van der Waals surface area contributed by atoms with Crippen molar-refractivity contribution in [3.05, 3.63) is 52.3 Å². The zero-order chi connectivity index (χ0) is 18.9. The highest BCUT2D eigenvalue weighted by Crippen LogP contribution is 2.49. The van der Waals surface area contributed by atoms with Gasteiger partial charge >= 0.3 is 0 Å². The van der Waals surface area contributed by atoms with E-state index in [4.69, 9.17) is 0 Å². The monoisotopic (exact) mass is 429 g/mol. The summed E-state index contributed by atoms with van der Waals surface area (Å²) in [6.45, 7) is 3.09. The second kappa shape index (κ2) is 7.66. The molecule has 1 saturated carbocycles. The lowest BCUT2D eigenvalue weighted by Crippen LogP contribution is -2.43. The van der Waals surface area contributed by atoms with E-state index in [1.807, 2.05) is 25.0 Å². The van der Waals surface area contributed by atoms with E-state index in [2.05, 4.69) is 66.7 Å². The summed E-state index contributed by atoms with van der Waals surface area (Å²) in [5.41, 5.74) is 3.01. The van der Waals surface area contributed by atoms with Crippen molar-refractivity contribution in [3.63, 3.8) is 0 Å². The minimum Gasteiger partial charge on any atom is -0.355 e. The zero-order valence-corrected chi connectivity index (χ0v) is 17.7. The van der Waals surface area contributed by atoms with Gasteiger partial charge in [0.25, 0.3) is 0 Å². The number of guanidine groups is 1. The number of aromatic nitrogens is 2. The molecule has 2 fully saturated rings. The second-order valence-electron chi connectivity index (χ2n) is 7.99. The van der Waals surface area contributed by atoms with Gasteiger partial charge in [0.1, 0.15) is 0 Å². The first-order valence-corrected chi connectivity index (χ1v) is 10.6. The molecule has 2 aromatic rings. The molecule has 1 atom stereocenters. The van der Waals surface area contributed by atoms with E-state index in [9.17, 15) is 0 Å². The first kappa shape index (κ1) is 18.5. The fourth-order valence-corrected chi connectivity index (χ4v) is 4.97. The topological polar surface area (TPSA) is 45.5 Å². The third-order valence-electron chi connectivity index (χ3n) is 5.96. The molecule has 6 heteroatoms. The van der Waals surface area contributed by atoms with Gasteiger partial charge in [-0.1, -0.05) is 34.1 Å². The number of likely N-dealkylation sites (tertiary alicyclic amines) is 1. The molecule has 1 N–H and O–H groups in total. The van der Waals surface area contributed by atoms with Gasteiger partial charge in [-0.3, -0.25) is 9.67 Å². The van der Waals surface area contributed by atoms with Crippen molar-refractivity contribution in [3.8, 4) is 0 Å². The maximum Gasteiger partial charge on any atom is 0.193 e. The first-order chi connectivity index (χ1) is 13.1. The third kappa shape index (κ3) is 4.05. The van der Waals surface area contributed by atoms with Crippen molar-refractivity contribution in [1.29, 1.82) is 0 Å². The Balaban J connectivity index is 1.34. The molecule has 0 bridgehead atoms. The molecule has 2 heterocycles. The smallest absolute Gasteiger partial charge is 0.193 e. The highest BCUT2D eigenvalue weighted by Gasteiger charge is 2.45. The van der Waals surface area contributed by atoms with Crippen LogP contribution in [-0.4, -0.2) is 47.3 Å². The molecule has 1 aliphatic carbocycles. The summed E-state index contributed by atoms with van der Waals surface area (Å²) in [7, 11) is 3.88. The van der Waals surface area contributed by atoms with Crippen molar-refractivity contribution in [2.45, 2.75) is 31.1 Å². The lowest BCUT2D eigenvalue weighted by molar-refractivity contribution is 0.455. The second-order valence-corrected chi connectivity index (χ2v) is 8.84. The molecule has 1 aliphatic heterocycles. The number of hydrogen-bond acceptors (Lipinski definition) is 2. The van der Waals surface area contributed by atoms with Crippen LogP contribution in [-0.2, 0) is 18.9 Å². The lowest BCUT2D eigenvalue weighted by atomic mass is 9.96. The van der Waals surface area contributed by atoms with E-state index in [1.165, 1.54) is 34.9 Å². The predicted octanol–water partition coefficient (Wildman–Crippen LogP) is 3.35. The number of aliphatic imine (C=N–C) groups is 1. The molecule has 0 spiro atoms. The van der Waals surface area contributed by atoms with Crippen LogP contribution in [0.3, 0.4) is 0 Å². The predicted molar refractivity (Wildman–Crippen MR) is 113 cm³/mol. The van der Waals surface area contributed by atoms with Crippen LogP contribution >= 0.6 is 15.9 Å². The summed E-state index contributed by atoms with van der Waals surface area (Å²) in [5, 5.41) is 7.96. The number of nitrogens with zero attached hydrogens (tertiary/aromatic N) is 4. The van der Waals surface area contributed by atoms with Crippen molar-refractivity contribution >= 4 is 21.9 Å². The minimum absolute atomic E-state index is 0.255. The molecule has 144 valence electrons. The van der Waals surface area contributed by atoms with E-state index in [0.717, 1.165) is 32.0 Å². The molecule has 1 saturated heterocycles. The van der Waals surface area contributed by atoms with Crippen molar-refractivity contribution in [1.82, 2.24) is 20.0 Å². The standard InChI is InChI=1S/C21H28BrN5/c1-23-20(24-15-21(8-9-21)18-5-3-4-6-19(18)22)27-10-7-16(14-27)11-17-12-25-26(2)13-17/h3-6,12-13,16H,7-11,14-15H2,1-2H3,(H,23,24). The molecule has 2 aliphatic rings. The van der Waals surface area contributed by atoms with Crippen LogP contribution in [0.2, 0.25) is 0 Å². The molecular weight excluding hydrogens is 402 g/mol.